The molecule has 0 spiro atoms. The van der Waals surface area contributed by atoms with Gasteiger partial charge in [-0.05, 0) is 25.5 Å². The number of nitrogens with zero attached hydrogens (tertiary/aromatic N) is 2. The second kappa shape index (κ2) is 6.41. The molecule has 3 rings (SSSR count). The lowest BCUT2D eigenvalue weighted by molar-refractivity contribution is 0.0954. The number of benzene rings is 1. The van der Waals surface area contributed by atoms with Gasteiger partial charge in [0.2, 0.25) is 0 Å². The number of fused-ring (bicyclic) bond motifs is 1. The first-order chi connectivity index (χ1) is 10.7. The van der Waals surface area contributed by atoms with Crippen LogP contribution in [0.5, 0.6) is 0 Å². The molecule has 0 unspecified atom stereocenters. The van der Waals surface area contributed by atoms with Crippen molar-refractivity contribution >= 4 is 43.9 Å². The summed E-state index contributed by atoms with van der Waals surface area (Å²) in [7, 11) is 0. The Morgan fingerprint density at radius 2 is 2.23 bits per heavy atom. The number of carbonyl (C=O) groups excluding carboxylic acids is 1. The van der Waals surface area contributed by atoms with Gasteiger partial charge >= 0.3 is 0 Å². The smallest absolute Gasteiger partial charge is 0.263 e. The molecule has 1 amide bonds. The van der Waals surface area contributed by atoms with E-state index < -0.39 is 0 Å². The molecule has 3 aromatic rings. The number of rotatable bonds is 5. The molecule has 0 saturated heterocycles. The molecule has 2 aromatic heterocycles. The van der Waals surface area contributed by atoms with Crippen LogP contribution in [0.3, 0.4) is 0 Å². The minimum absolute atomic E-state index is 0.0827. The first-order valence-corrected chi connectivity index (χ1v) is 8.69. The molecule has 1 aromatic carbocycles. The minimum Gasteiger partial charge on any atom is -0.362 e. The van der Waals surface area contributed by atoms with Crippen LogP contribution in [0.15, 0.2) is 23.7 Å². The molecule has 7 heteroatoms. The number of carbonyl (C=O) groups is 1. The van der Waals surface area contributed by atoms with Crippen LogP contribution >= 0.6 is 22.7 Å². The number of aromatic nitrogens is 2. The highest BCUT2D eigenvalue weighted by atomic mass is 32.1. The Morgan fingerprint density at radius 3 is 3.05 bits per heavy atom. The van der Waals surface area contributed by atoms with E-state index in [-0.39, 0.29) is 5.91 Å². The van der Waals surface area contributed by atoms with Gasteiger partial charge in [0.1, 0.15) is 4.88 Å². The lowest BCUT2D eigenvalue weighted by atomic mass is 10.2. The van der Waals surface area contributed by atoms with Gasteiger partial charge < -0.3 is 10.6 Å². The standard InChI is InChI=1S/C15H16N4OS2/c1-3-16-15-19-9(2)12(22-15)14(20)17-7-10-5-4-6-11-13(10)21-8-18-11/h4-6,8H,3,7H2,1-2H3,(H,16,19)(H,17,20). The zero-order chi connectivity index (χ0) is 15.5. The van der Waals surface area contributed by atoms with Crippen molar-refractivity contribution in [3.05, 3.63) is 39.8 Å². The third-order valence-corrected chi connectivity index (χ3v) is 5.24. The summed E-state index contributed by atoms with van der Waals surface area (Å²) in [6, 6.07) is 5.96. The summed E-state index contributed by atoms with van der Waals surface area (Å²) < 4.78 is 1.12. The van der Waals surface area contributed by atoms with Crippen LogP contribution in [-0.2, 0) is 6.54 Å². The fourth-order valence-electron chi connectivity index (χ4n) is 2.17. The molecule has 0 fully saturated rings. The lowest BCUT2D eigenvalue weighted by Gasteiger charge is -2.05. The summed E-state index contributed by atoms with van der Waals surface area (Å²) in [4.78, 5) is 21.7. The van der Waals surface area contributed by atoms with Crippen molar-refractivity contribution in [1.29, 1.82) is 0 Å². The van der Waals surface area contributed by atoms with E-state index in [0.29, 0.717) is 11.4 Å². The van der Waals surface area contributed by atoms with E-state index in [9.17, 15) is 4.79 Å². The quantitative estimate of drug-likeness (QED) is 0.751. The number of hydrogen-bond donors (Lipinski definition) is 2. The van der Waals surface area contributed by atoms with Crippen LogP contribution < -0.4 is 10.6 Å². The van der Waals surface area contributed by atoms with Gasteiger partial charge in [-0.15, -0.1) is 11.3 Å². The van der Waals surface area contributed by atoms with Crippen molar-refractivity contribution < 1.29 is 4.79 Å². The van der Waals surface area contributed by atoms with Gasteiger partial charge in [-0.1, -0.05) is 23.5 Å². The second-order valence-electron chi connectivity index (χ2n) is 4.76. The number of amides is 1. The predicted octanol–water partition coefficient (Wildman–Crippen LogP) is 3.42. The van der Waals surface area contributed by atoms with Crippen LogP contribution in [-0.4, -0.2) is 22.4 Å². The third-order valence-electron chi connectivity index (χ3n) is 3.21. The monoisotopic (exact) mass is 332 g/mol. The molecule has 0 aliphatic carbocycles. The van der Waals surface area contributed by atoms with E-state index in [1.54, 1.807) is 11.3 Å². The van der Waals surface area contributed by atoms with Gasteiger partial charge in [-0.3, -0.25) is 4.79 Å². The molecule has 0 radical (unpaired) electrons. The fourth-order valence-corrected chi connectivity index (χ4v) is 3.93. The molecule has 0 aliphatic heterocycles. The maximum absolute atomic E-state index is 12.4. The van der Waals surface area contributed by atoms with Crippen LogP contribution in [0.2, 0.25) is 0 Å². The zero-order valence-electron chi connectivity index (χ0n) is 12.3. The number of aryl methyl sites for hydroxylation is 1. The van der Waals surface area contributed by atoms with E-state index in [2.05, 4.69) is 20.6 Å². The van der Waals surface area contributed by atoms with Crippen molar-refractivity contribution in [3.63, 3.8) is 0 Å². The summed E-state index contributed by atoms with van der Waals surface area (Å²) in [6.07, 6.45) is 0. The van der Waals surface area contributed by atoms with E-state index >= 15 is 0 Å². The summed E-state index contributed by atoms with van der Waals surface area (Å²) >= 11 is 2.98. The number of thiazole rings is 2. The zero-order valence-corrected chi connectivity index (χ0v) is 14.0. The van der Waals surface area contributed by atoms with Crippen LogP contribution in [0.1, 0.15) is 27.9 Å². The van der Waals surface area contributed by atoms with E-state index in [1.165, 1.54) is 11.3 Å². The Balaban J connectivity index is 1.73. The molecule has 114 valence electrons. The Hall–Kier alpha value is -1.99. The first-order valence-electron chi connectivity index (χ1n) is 6.99. The number of anilines is 1. The Kier molecular flexibility index (Phi) is 4.35. The van der Waals surface area contributed by atoms with Crippen molar-refractivity contribution in [2.24, 2.45) is 0 Å². The normalized spacial score (nSPS) is 10.8. The highest BCUT2D eigenvalue weighted by molar-refractivity contribution is 7.17. The molecule has 0 aliphatic rings. The third kappa shape index (κ3) is 2.95. The molecule has 22 heavy (non-hydrogen) atoms. The van der Waals surface area contributed by atoms with Crippen LogP contribution in [0.25, 0.3) is 10.2 Å². The topological polar surface area (TPSA) is 66.9 Å². The lowest BCUT2D eigenvalue weighted by Crippen LogP contribution is -2.22. The number of hydrogen-bond acceptors (Lipinski definition) is 6. The molecule has 2 heterocycles. The maximum Gasteiger partial charge on any atom is 0.263 e. The Labute approximate surface area is 136 Å². The van der Waals surface area contributed by atoms with Crippen molar-refractivity contribution in [2.45, 2.75) is 20.4 Å². The molecular weight excluding hydrogens is 316 g/mol. The summed E-state index contributed by atoms with van der Waals surface area (Å²) in [5.74, 6) is -0.0827. The van der Waals surface area contributed by atoms with Gasteiger partial charge in [0.05, 0.1) is 21.4 Å². The van der Waals surface area contributed by atoms with Gasteiger partial charge in [0.25, 0.3) is 5.91 Å². The first kappa shape index (κ1) is 14.9. The second-order valence-corrected chi connectivity index (χ2v) is 6.62. The molecule has 5 nitrogen and oxygen atoms in total. The fraction of sp³-hybridized carbons (Fsp3) is 0.267. The van der Waals surface area contributed by atoms with Crippen molar-refractivity contribution in [1.82, 2.24) is 15.3 Å². The molecule has 0 saturated carbocycles. The maximum atomic E-state index is 12.4. The SMILES string of the molecule is CCNc1nc(C)c(C(=O)NCc2cccc3ncsc23)s1. The molecule has 2 N–H and O–H groups in total. The van der Waals surface area contributed by atoms with Crippen molar-refractivity contribution in [3.8, 4) is 0 Å². The Bertz CT molecular complexity index is 809. The average Bonchev–Trinajstić information content (AvgIpc) is 3.12. The molecular formula is C15H16N4OS2. The van der Waals surface area contributed by atoms with E-state index in [4.69, 9.17) is 0 Å². The van der Waals surface area contributed by atoms with E-state index in [0.717, 1.165) is 33.2 Å². The Morgan fingerprint density at radius 1 is 1.36 bits per heavy atom. The predicted molar refractivity (Wildman–Crippen MR) is 91.8 cm³/mol. The summed E-state index contributed by atoms with van der Waals surface area (Å²) in [5.41, 5.74) is 4.64. The van der Waals surface area contributed by atoms with Crippen LogP contribution in [0, 0.1) is 6.92 Å². The highest BCUT2D eigenvalue weighted by Gasteiger charge is 2.15. The van der Waals surface area contributed by atoms with Crippen molar-refractivity contribution in [2.75, 3.05) is 11.9 Å². The summed E-state index contributed by atoms with van der Waals surface area (Å²) in [5, 5.41) is 6.90. The largest absolute Gasteiger partial charge is 0.362 e. The summed E-state index contributed by atoms with van der Waals surface area (Å²) in [6.45, 7) is 5.15. The number of nitrogens with one attached hydrogen (secondary N) is 2. The highest BCUT2D eigenvalue weighted by Crippen LogP contribution is 2.24. The molecule has 0 bridgehead atoms. The van der Waals surface area contributed by atoms with Gasteiger partial charge in [-0.25, -0.2) is 9.97 Å². The van der Waals surface area contributed by atoms with Gasteiger partial charge in [0, 0.05) is 13.1 Å². The van der Waals surface area contributed by atoms with E-state index in [1.807, 2.05) is 37.6 Å². The average molecular weight is 332 g/mol. The van der Waals surface area contributed by atoms with Crippen LogP contribution in [0.4, 0.5) is 5.13 Å². The van der Waals surface area contributed by atoms with Gasteiger partial charge in [0.15, 0.2) is 5.13 Å². The molecule has 0 atom stereocenters. The minimum atomic E-state index is -0.0827. The van der Waals surface area contributed by atoms with Gasteiger partial charge in [-0.2, -0.15) is 0 Å².